The summed E-state index contributed by atoms with van der Waals surface area (Å²) in [6.45, 7) is 11.7. The van der Waals surface area contributed by atoms with Crippen LogP contribution in [0.25, 0.3) is 0 Å². The van der Waals surface area contributed by atoms with E-state index in [0.717, 1.165) is 38.3 Å². The van der Waals surface area contributed by atoms with Crippen molar-refractivity contribution in [3.63, 3.8) is 0 Å². The molecule has 1 heterocycles. The van der Waals surface area contributed by atoms with Crippen LogP contribution in [0.4, 0.5) is 11.4 Å². The van der Waals surface area contributed by atoms with Crippen molar-refractivity contribution >= 4 is 27.4 Å². The van der Waals surface area contributed by atoms with E-state index >= 15 is 0 Å². The summed E-state index contributed by atoms with van der Waals surface area (Å²) < 4.78 is 28.6. The number of carboxylic acids is 1. The van der Waals surface area contributed by atoms with Gasteiger partial charge >= 0.3 is 5.97 Å². The molecule has 0 saturated carbocycles. The normalized spacial score (nSPS) is 15.3. The van der Waals surface area contributed by atoms with E-state index in [1.165, 1.54) is 6.07 Å². The number of nitrogens with zero attached hydrogens (tertiary/aromatic N) is 2. The van der Waals surface area contributed by atoms with Crippen LogP contribution in [0.15, 0.2) is 35.2 Å². The molecule has 0 unspecified atom stereocenters. The third-order valence-electron chi connectivity index (χ3n) is 5.51. The van der Waals surface area contributed by atoms with E-state index in [1.54, 1.807) is 26.0 Å². The maximum absolute atomic E-state index is 13.0. The molecule has 0 atom stereocenters. The predicted octanol–water partition coefficient (Wildman–Crippen LogP) is 3.25. The van der Waals surface area contributed by atoms with Crippen LogP contribution in [0.3, 0.4) is 0 Å². The number of aromatic carboxylic acids is 1. The number of benzene rings is 2. The quantitative estimate of drug-likeness (QED) is 0.730. The standard InChI is InChI=1S/C22H29N3O4S/c1-5-24-8-10-25(11-9-24)20-7-6-18(14-19(20)22(26)27)23-30(28,29)21-16(3)12-15(2)13-17(21)4/h6-7,12-14,23H,5,8-11H2,1-4H3,(H,26,27). The Morgan fingerprint density at radius 3 is 2.17 bits per heavy atom. The van der Waals surface area contributed by atoms with Crippen molar-refractivity contribution in [3.8, 4) is 0 Å². The van der Waals surface area contributed by atoms with Gasteiger partial charge in [-0.3, -0.25) is 4.72 Å². The summed E-state index contributed by atoms with van der Waals surface area (Å²) in [5.74, 6) is -1.08. The number of hydrogen-bond donors (Lipinski definition) is 2. The van der Waals surface area contributed by atoms with E-state index in [9.17, 15) is 18.3 Å². The van der Waals surface area contributed by atoms with Gasteiger partial charge in [-0.1, -0.05) is 24.6 Å². The molecular weight excluding hydrogens is 402 g/mol. The highest BCUT2D eigenvalue weighted by Gasteiger charge is 2.24. The van der Waals surface area contributed by atoms with Gasteiger partial charge in [0.25, 0.3) is 10.0 Å². The van der Waals surface area contributed by atoms with Gasteiger partial charge in [0.1, 0.15) is 0 Å². The minimum Gasteiger partial charge on any atom is -0.478 e. The second kappa shape index (κ2) is 8.65. The highest BCUT2D eigenvalue weighted by Crippen LogP contribution is 2.29. The Hall–Kier alpha value is -2.58. The van der Waals surface area contributed by atoms with Crippen LogP contribution in [0.5, 0.6) is 0 Å². The summed E-state index contributed by atoms with van der Waals surface area (Å²) in [5, 5.41) is 9.74. The molecule has 0 amide bonds. The predicted molar refractivity (Wildman–Crippen MR) is 119 cm³/mol. The van der Waals surface area contributed by atoms with Crippen LogP contribution < -0.4 is 9.62 Å². The van der Waals surface area contributed by atoms with E-state index < -0.39 is 16.0 Å². The first-order valence-electron chi connectivity index (χ1n) is 10.1. The van der Waals surface area contributed by atoms with Crippen LogP contribution >= 0.6 is 0 Å². The van der Waals surface area contributed by atoms with Crippen LogP contribution in [-0.4, -0.2) is 57.1 Å². The van der Waals surface area contributed by atoms with Crippen LogP contribution in [-0.2, 0) is 10.0 Å². The van der Waals surface area contributed by atoms with E-state index in [2.05, 4.69) is 16.5 Å². The molecule has 0 spiro atoms. The molecule has 30 heavy (non-hydrogen) atoms. The first-order valence-corrected chi connectivity index (χ1v) is 11.6. The molecule has 0 aromatic heterocycles. The lowest BCUT2D eigenvalue weighted by Crippen LogP contribution is -2.46. The topological polar surface area (TPSA) is 90.0 Å². The molecule has 1 fully saturated rings. The fourth-order valence-electron chi connectivity index (χ4n) is 4.15. The van der Waals surface area contributed by atoms with Gasteiger partial charge in [-0.2, -0.15) is 0 Å². The second-order valence-corrected chi connectivity index (χ2v) is 9.41. The number of rotatable bonds is 6. The Bertz CT molecular complexity index is 1040. The van der Waals surface area contributed by atoms with Crippen molar-refractivity contribution in [2.45, 2.75) is 32.6 Å². The monoisotopic (exact) mass is 431 g/mol. The molecule has 0 radical (unpaired) electrons. The first-order chi connectivity index (χ1) is 14.1. The van der Waals surface area contributed by atoms with Gasteiger partial charge in [-0.25, -0.2) is 13.2 Å². The largest absolute Gasteiger partial charge is 0.478 e. The second-order valence-electron chi connectivity index (χ2n) is 7.79. The lowest BCUT2D eigenvalue weighted by Gasteiger charge is -2.36. The molecule has 0 aliphatic carbocycles. The Kier molecular flexibility index (Phi) is 6.38. The van der Waals surface area contributed by atoms with Crippen molar-refractivity contribution < 1.29 is 18.3 Å². The molecule has 2 aromatic carbocycles. The average molecular weight is 432 g/mol. The van der Waals surface area contributed by atoms with Crippen molar-refractivity contribution in [1.82, 2.24) is 4.90 Å². The lowest BCUT2D eigenvalue weighted by atomic mass is 10.1. The zero-order valence-corrected chi connectivity index (χ0v) is 18.7. The van der Waals surface area contributed by atoms with Crippen molar-refractivity contribution in [1.29, 1.82) is 0 Å². The number of nitrogens with one attached hydrogen (secondary N) is 1. The molecule has 8 heteroatoms. The number of carboxylic acid groups (broad SMARTS) is 1. The number of carbonyl (C=O) groups is 1. The van der Waals surface area contributed by atoms with Crippen LogP contribution in [0, 0.1) is 20.8 Å². The van der Waals surface area contributed by atoms with Gasteiger partial charge < -0.3 is 14.9 Å². The molecule has 1 aliphatic rings. The van der Waals surface area contributed by atoms with Crippen molar-refractivity contribution in [2.75, 3.05) is 42.3 Å². The molecule has 7 nitrogen and oxygen atoms in total. The molecule has 2 N–H and O–H groups in total. The fourth-order valence-corrected chi connectivity index (χ4v) is 5.65. The molecular formula is C22H29N3O4S. The summed E-state index contributed by atoms with van der Waals surface area (Å²) in [5.41, 5.74) is 3.25. The zero-order chi connectivity index (χ0) is 22.1. The highest BCUT2D eigenvalue weighted by atomic mass is 32.2. The maximum atomic E-state index is 13.0. The smallest absolute Gasteiger partial charge is 0.337 e. The number of piperazine rings is 1. The SMILES string of the molecule is CCN1CCN(c2ccc(NS(=O)(=O)c3c(C)cc(C)cc3C)cc2C(=O)O)CC1. The highest BCUT2D eigenvalue weighted by molar-refractivity contribution is 7.92. The van der Waals surface area contributed by atoms with E-state index in [4.69, 9.17) is 0 Å². The minimum atomic E-state index is -3.85. The Balaban J connectivity index is 1.91. The molecule has 0 bridgehead atoms. The van der Waals surface area contributed by atoms with Crippen LogP contribution in [0.1, 0.15) is 34.0 Å². The third kappa shape index (κ3) is 4.60. The summed E-state index contributed by atoms with van der Waals surface area (Å²) in [6.07, 6.45) is 0. The molecule has 1 saturated heterocycles. The zero-order valence-electron chi connectivity index (χ0n) is 17.9. The summed E-state index contributed by atoms with van der Waals surface area (Å²) in [7, 11) is -3.85. The number of likely N-dealkylation sites (N-methyl/N-ethyl adjacent to an activating group) is 1. The number of sulfonamides is 1. The van der Waals surface area contributed by atoms with E-state index in [0.29, 0.717) is 16.8 Å². The van der Waals surface area contributed by atoms with Crippen molar-refractivity contribution in [3.05, 3.63) is 52.6 Å². The Morgan fingerprint density at radius 1 is 1.03 bits per heavy atom. The number of hydrogen-bond acceptors (Lipinski definition) is 5. The maximum Gasteiger partial charge on any atom is 0.337 e. The Morgan fingerprint density at radius 2 is 1.63 bits per heavy atom. The van der Waals surface area contributed by atoms with Gasteiger partial charge in [0.2, 0.25) is 0 Å². The van der Waals surface area contributed by atoms with Gasteiger partial charge in [0, 0.05) is 31.9 Å². The van der Waals surface area contributed by atoms with E-state index in [-0.39, 0.29) is 16.1 Å². The van der Waals surface area contributed by atoms with Gasteiger partial charge in [0.05, 0.1) is 16.1 Å². The fraction of sp³-hybridized carbons (Fsp3) is 0.409. The number of aryl methyl sites for hydroxylation is 3. The molecule has 1 aliphatic heterocycles. The lowest BCUT2D eigenvalue weighted by molar-refractivity contribution is 0.0697. The molecule has 3 rings (SSSR count). The first kappa shape index (κ1) is 22.1. The number of anilines is 2. The summed E-state index contributed by atoms with van der Waals surface area (Å²) in [6, 6.07) is 8.37. The molecule has 162 valence electrons. The van der Waals surface area contributed by atoms with Crippen molar-refractivity contribution in [2.24, 2.45) is 0 Å². The third-order valence-corrected chi connectivity index (χ3v) is 7.20. The van der Waals surface area contributed by atoms with Gasteiger partial charge in [0.15, 0.2) is 0 Å². The molecule has 2 aromatic rings. The van der Waals surface area contributed by atoms with Crippen LogP contribution in [0.2, 0.25) is 0 Å². The average Bonchev–Trinajstić information content (AvgIpc) is 2.66. The summed E-state index contributed by atoms with van der Waals surface area (Å²) >= 11 is 0. The summed E-state index contributed by atoms with van der Waals surface area (Å²) in [4.78, 5) is 16.5. The van der Waals surface area contributed by atoms with E-state index in [1.807, 2.05) is 24.0 Å². The van der Waals surface area contributed by atoms with Gasteiger partial charge in [-0.05, 0) is 56.6 Å². The minimum absolute atomic E-state index is 0.0949. The van der Waals surface area contributed by atoms with Gasteiger partial charge in [-0.15, -0.1) is 0 Å². The Labute approximate surface area is 178 Å².